The lowest BCUT2D eigenvalue weighted by Gasteiger charge is -2.10. The third-order valence-corrected chi connectivity index (χ3v) is 5.31. The van der Waals surface area contributed by atoms with E-state index in [1.807, 2.05) is 56.3 Å². The lowest BCUT2D eigenvalue weighted by molar-refractivity contribution is 0.101. The number of anilines is 1. The number of ether oxygens (including phenoxy) is 1. The van der Waals surface area contributed by atoms with E-state index in [1.165, 1.54) is 0 Å². The smallest absolute Gasteiger partial charge is 0.279 e. The number of nitrogens with one attached hydrogen (secondary N) is 1. The third-order valence-electron chi connectivity index (χ3n) is 5.06. The molecule has 8 heteroatoms. The standard InChI is InChI=1S/C24H23ClN4O3/c1-15-4-5-16(2)21(12-15)31-14-20-17(3)32-28-23(20)24(30)26-22-10-11-29(27-22)13-18-6-8-19(25)9-7-18/h4-12H,13-14H2,1-3H3,(H,26,27,30). The number of halogens is 1. The zero-order valence-electron chi connectivity index (χ0n) is 18.1. The molecular formula is C24H23ClN4O3. The van der Waals surface area contributed by atoms with Crippen LogP contribution in [0.5, 0.6) is 5.75 Å². The second-order valence-electron chi connectivity index (χ2n) is 7.60. The Kier molecular flexibility index (Phi) is 6.28. The van der Waals surface area contributed by atoms with Gasteiger partial charge in [-0.15, -0.1) is 0 Å². The van der Waals surface area contributed by atoms with Crippen molar-refractivity contribution in [3.63, 3.8) is 0 Å². The van der Waals surface area contributed by atoms with Crippen LogP contribution in [0, 0.1) is 20.8 Å². The molecule has 32 heavy (non-hydrogen) atoms. The minimum atomic E-state index is -0.404. The number of carbonyl (C=O) groups excluding carboxylic acids is 1. The van der Waals surface area contributed by atoms with E-state index < -0.39 is 5.91 Å². The molecule has 0 bridgehead atoms. The molecular weight excluding hydrogens is 428 g/mol. The first-order valence-electron chi connectivity index (χ1n) is 10.1. The van der Waals surface area contributed by atoms with Crippen LogP contribution < -0.4 is 10.1 Å². The van der Waals surface area contributed by atoms with Crippen LogP contribution in [0.15, 0.2) is 59.3 Å². The molecule has 0 radical (unpaired) electrons. The Hall–Kier alpha value is -3.58. The largest absolute Gasteiger partial charge is 0.488 e. The molecule has 0 aliphatic heterocycles. The minimum absolute atomic E-state index is 0.174. The summed E-state index contributed by atoms with van der Waals surface area (Å²) in [4.78, 5) is 12.8. The van der Waals surface area contributed by atoms with Crippen LogP contribution in [0.2, 0.25) is 5.02 Å². The van der Waals surface area contributed by atoms with Gasteiger partial charge in [-0.25, -0.2) is 0 Å². The fraction of sp³-hybridized carbons (Fsp3) is 0.208. The molecule has 0 aliphatic rings. The van der Waals surface area contributed by atoms with Gasteiger partial charge in [-0.2, -0.15) is 5.10 Å². The molecule has 4 aromatic rings. The Morgan fingerprint density at radius 3 is 2.69 bits per heavy atom. The summed E-state index contributed by atoms with van der Waals surface area (Å²) in [6.45, 7) is 6.47. The lowest BCUT2D eigenvalue weighted by atomic mass is 10.1. The maximum absolute atomic E-state index is 12.8. The number of aromatic nitrogens is 3. The summed E-state index contributed by atoms with van der Waals surface area (Å²) >= 11 is 5.93. The molecule has 4 rings (SSSR count). The molecule has 2 heterocycles. The van der Waals surface area contributed by atoms with E-state index in [-0.39, 0.29) is 12.3 Å². The van der Waals surface area contributed by atoms with Crippen molar-refractivity contribution in [3.8, 4) is 5.75 Å². The quantitative estimate of drug-likeness (QED) is 0.411. The van der Waals surface area contributed by atoms with Gasteiger partial charge in [-0.3, -0.25) is 9.48 Å². The Balaban J connectivity index is 1.43. The molecule has 1 N–H and O–H groups in total. The second kappa shape index (κ2) is 9.28. The van der Waals surface area contributed by atoms with Gasteiger partial charge < -0.3 is 14.6 Å². The first kappa shape index (κ1) is 21.6. The van der Waals surface area contributed by atoms with Crippen molar-refractivity contribution in [3.05, 3.63) is 93.5 Å². The van der Waals surface area contributed by atoms with E-state index in [2.05, 4.69) is 15.6 Å². The summed E-state index contributed by atoms with van der Waals surface area (Å²) < 4.78 is 13.0. The van der Waals surface area contributed by atoms with Gasteiger partial charge in [-0.05, 0) is 55.7 Å². The van der Waals surface area contributed by atoms with Crippen LogP contribution in [0.3, 0.4) is 0 Å². The fourth-order valence-corrected chi connectivity index (χ4v) is 3.35. The zero-order chi connectivity index (χ0) is 22.7. The van der Waals surface area contributed by atoms with Crippen molar-refractivity contribution in [2.75, 3.05) is 5.32 Å². The van der Waals surface area contributed by atoms with Gasteiger partial charge in [0.2, 0.25) is 0 Å². The molecule has 7 nitrogen and oxygen atoms in total. The van der Waals surface area contributed by atoms with Gasteiger partial charge in [0.05, 0.1) is 12.1 Å². The van der Waals surface area contributed by atoms with Crippen molar-refractivity contribution >= 4 is 23.3 Å². The van der Waals surface area contributed by atoms with Crippen molar-refractivity contribution in [2.45, 2.75) is 33.9 Å². The third kappa shape index (κ3) is 5.00. The van der Waals surface area contributed by atoms with Crippen molar-refractivity contribution in [1.29, 1.82) is 0 Å². The van der Waals surface area contributed by atoms with Crippen molar-refractivity contribution in [1.82, 2.24) is 14.9 Å². The van der Waals surface area contributed by atoms with Gasteiger partial charge >= 0.3 is 0 Å². The average molecular weight is 451 g/mol. The Bertz CT molecular complexity index is 1240. The first-order chi connectivity index (χ1) is 15.4. The molecule has 164 valence electrons. The fourth-order valence-electron chi connectivity index (χ4n) is 3.22. The predicted molar refractivity (Wildman–Crippen MR) is 122 cm³/mol. The summed E-state index contributed by atoms with van der Waals surface area (Å²) in [5.74, 6) is 1.32. The topological polar surface area (TPSA) is 82.2 Å². The highest BCUT2D eigenvalue weighted by Gasteiger charge is 2.21. The molecule has 2 aromatic carbocycles. The van der Waals surface area contributed by atoms with E-state index in [1.54, 1.807) is 23.9 Å². The molecule has 0 atom stereocenters. The average Bonchev–Trinajstić information content (AvgIpc) is 3.36. The van der Waals surface area contributed by atoms with Crippen LogP contribution >= 0.6 is 11.6 Å². The van der Waals surface area contributed by atoms with Gasteiger partial charge in [0.25, 0.3) is 5.91 Å². The van der Waals surface area contributed by atoms with Crippen LogP contribution in [-0.2, 0) is 13.2 Å². The number of hydrogen-bond acceptors (Lipinski definition) is 5. The number of aryl methyl sites for hydroxylation is 3. The first-order valence-corrected chi connectivity index (χ1v) is 10.5. The SMILES string of the molecule is Cc1ccc(C)c(OCc2c(C(=O)Nc3ccn(Cc4ccc(Cl)cc4)n3)noc2C)c1. The monoisotopic (exact) mass is 450 g/mol. The summed E-state index contributed by atoms with van der Waals surface area (Å²) in [6, 6.07) is 15.2. The second-order valence-corrected chi connectivity index (χ2v) is 8.04. The van der Waals surface area contributed by atoms with Crippen LogP contribution in [0.25, 0.3) is 0 Å². The van der Waals surface area contributed by atoms with E-state index >= 15 is 0 Å². The molecule has 2 aromatic heterocycles. The Morgan fingerprint density at radius 2 is 1.91 bits per heavy atom. The molecule has 0 fully saturated rings. The number of benzene rings is 2. The number of rotatable bonds is 7. The number of amides is 1. The number of hydrogen-bond donors (Lipinski definition) is 1. The van der Waals surface area contributed by atoms with Gasteiger partial charge in [0, 0.05) is 17.3 Å². The summed E-state index contributed by atoms with van der Waals surface area (Å²) in [6.07, 6.45) is 1.79. The van der Waals surface area contributed by atoms with Gasteiger partial charge in [0.1, 0.15) is 18.1 Å². The van der Waals surface area contributed by atoms with E-state index in [0.29, 0.717) is 28.7 Å². The maximum atomic E-state index is 12.8. The maximum Gasteiger partial charge on any atom is 0.279 e. The van der Waals surface area contributed by atoms with E-state index in [0.717, 1.165) is 22.4 Å². The van der Waals surface area contributed by atoms with Gasteiger partial charge in [-0.1, -0.05) is 41.0 Å². The molecule has 0 saturated carbocycles. The highest BCUT2D eigenvalue weighted by molar-refractivity contribution is 6.30. The minimum Gasteiger partial charge on any atom is -0.488 e. The van der Waals surface area contributed by atoms with E-state index in [4.69, 9.17) is 20.9 Å². The molecule has 0 saturated heterocycles. The van der Waals surface area contributed by atoms with Gasteiger partial charge in [0.15, 0.2) is 11.5 Å². The van der Waals surface area contributed by atoms with Crippen molar-refractivity contribution < 1.29 is 14.1 Å². The van der Waals surface area contributed by atoms with Crippen LogP contribution in [-0.4, -0.2) is 20.8 Å². The normalized spacial score (nSPS) is 10.9. The van der Waals surface area contributed by atoms with Crippen LogP contribution in [0.4, 0.5) is 5.82 Å². The van der Waals surface area contributed by atoms with Crippen molar-refractivity contribution in [2.24, 2.45) is 0 Å². The summed E-state index contributed by atoms with van der Waals surface area (Å²) in [7, 11) is 0. The summed E-state index contributed by atoms with van der Waals surface area (Å²) in [5, 5.41) is 11.8. The summed E-state index contributed by atoms with van der Waals surface area (Å²) in [5.41, 5.74) is 3.94. The molecule has 0 spiro atoms. The van der Waals surface area contributed by atoms with E-state index in [9.17, 15) is 4.79 Å². The Morgan fingerprint density at radius 1 is 1.12 bits per heavy atom. The molecule has 0 unspecified atom stereocenters. The highest BCUT2D eigenvalue weighted by Crippen LogP contribution is 2.23. The predicted octanol–water partition coefficient (Wildman–Crippen LogP) is 5.33. The molecule has 0 aliphatic carbocycles. The lowest BCUT2D eigenvalue weighted by Crippen LogP contribution is -2.16. The number of nitrogens with zero attached hydrogens (tertiary/aromatic N) is 3. The Labute approximate surface area is 190 Å². The highest BCUT2D eigenvalue weighted by atomic mass is 35.5. The number of carbonyl (C=O) groups is 1. The van der Waals surface area contributed by atoms with Crippen LogP contribution in [0.1, 0.15) is 38.5 Å². The zero-order valence-corrected chi connectivity index (χ0v) is 18.8. The molecule has 1 amide bonds.